The third kappa shape index (κ3) is 2.08. The maximum absolute atomic E-state index is 10.1. The lowest BCUT2D eigenvalue weighted by atomic mass is 9.77. The fraction of sp³-hybridized carbons (Fsp3) is 0.368. The van der Waals surface area contributed by atoms with E-state index >= 15 is 0 Å². The van der Waals surface area contributed by atoms with E-state index < -0.39 is 0 Å². The number of benzene rings is 2. The summed E-state index contributed by atoms with van der Waals surface area (Å²) >= 11 is 0. The SMILES string of the molecule is CCCOc1cccc2c1-c1cc(O)cc3c1C(C2)NCC3. The molecule has 0 amide bonds. The molecule has 0 spiro atoms. The van der Waals surface area contributed by atoms with Crippen molar-refractivity contribution < 1.29 is 9.84 Å². The highest BCUT2D eigenvalue weighted by Crippen LogP contribution is 2.47. The summed E-state index contributed by atoms with van der Waals surface area (Å²) in [6.45, 7) is 3.81. The first-order valence-electron chi connectivity index (χ1n) is 8.12. The summed E-state index contributed by atoms with van der Waals surface area (Å²) in [6.07, 6.45) is 2.95. The van der Waals surface area contributed by atoms with Crippen molar-refractivity contribution in [3.05, 3.63) is 47.0 Å². The molecular formula is C19H21NO2. The van der Waals surface area contributed by atoms with E-state index in [0.717, 1.165) is 43.7 Å². The number of phenols is 1. The quantitative estimate of drug-likeness (QED) is 0.909. The van der Waals surface area contributed by atoms with Gasteiger partial charge in [0.1, 0.15) is 11.5 Å². The van der Waals surface area contributed by atoms with Crippen molar-refractivity contribution in [1.82, 2.24) is 5.32 Å². The Labute approximate surface area is 130 Å². The molecule has 0 aromatic heterocycles. The van der Waals surface area contributed by atoms with E-state index in [2.05, 4.69) is 24.4 Å². The molecular weight excluding hydrogens is 274 g/mol. The van der Waals surface area contributed by atoms with E-state index in [1.165, 1.54) is 22.3 Å². The molecule has 0 radical (unpaired) electrons. The summed E-state index contributed by atoms with van der Waals surface area (Å²) in [7, 11) is 0. The second-order valence-electron chi connectivity index (χ2n) is 6.17. The Bertz CT molecular complexity index is 724. The molecule has 2 N–H and O–H groups in total. The molecule has 114 valence electrons. The van der Waals surface area contributed by atoms with Gasteiger partial charge in [-0.3, -0.25) is 0 Å². The van der Waals surface area contributed by atoms with Crippen LogP contribution >= 0.6 is 0 Å². The van der Waals surface area contributed by atoms with Crippen molar-refractivity contribution >= 4 is 0 Å². The molecule has 1 atom stereocenters. The first-order chi connectivity index (χ1) is 10.8. The first kappa shape index (κ1) is 13.6. The zero-order valence-electron chi connectivity index (χ0n) is 12.9. The van der Waals surface area contributed by atoms with Gasteiger partial charge in [-0.25, -0.2) is 0 Å². The van der Waals surface area contributed by atoms with E-state index in [1.807, 2.05) is 18.2 Å². The molecule has 2 aromatic rings. The van der Waals surface area contributed by atoms with Crippen LogP contribution in [0.1, 0.15) is 36.1 Å². The van der Waals surface area contributed by atoms with Gasteiger partial charge < -0.3 is 15.2 Å². The van der Waals surface area contributed by atoms with E-state index in [0.29, 0.717) is 11.8 Å². The monoisotopic (exact) mass is 295 g/mol. The van der Waals surface area contributed by atoms with Gasteiger partial charge in [0.25, 0.3) is 0 Å². The first-order valence-corrected chi connectivity index (χ1v) is 8.12. The Morgan fingerprint density at radius 1 is 1.27 bits per heavy atom. The molecule has 22 heavy (non-hydrogen) atoms. The van der Waals surface area contributed by atoms with Crippen LogP contribution in [-0.4, -0.2) is 18.3 Å². The topological polar surface area (TPSA) is 41.5 Å². The predicted octanol–water partition coefficient (Wildman–Crippen LogP) is 3.59. The van der Waals surface area contributed by atoms with Crippen LogP contribution in [0.3, 0.4) is 0 Å². The Hall–Kier alpha value is -2.00. The summed E-state index contributed by atoms with van der Waals surface area (Å²) in [5, 5.41) is 13.8. The molecule has 0 saturated carbocycles. The number of aromatic hydroxyl groups is 1. The van der Waals surface area contributed by atoms with Gasteiger partial charge >= 0.3 is 0 Å². The van der Waals surface area contributed by atoms with E-state index in [4.69, 9.17) is 4.74 Å². The number of hydrogen-bond acceptors (Lipinski definition) is 3. The van der Waals surface area contributed by atoms with Crippen LogP contribution in [0.2, 0.25) is 0 Å². The maximum Gasteiger partial charge on any atom is 0.127 e. The molecule has 0 fully saturated rings. The van der Waals surface area contributed by atoms with Gasteiger partial charge in [0.15, 0.2) is 0 Å². The summed E-state index contributed by atoms with van der Waals surface area (Å²) < 4.78 is 5.98. The molecule has 3 heteroatoms. The Kier molecular flexibility index (Phi) is 3.30. The fourth-order valence-corrected chi connectivity index (χ4v) is 3.78. The maximum atomic E-state index is 10.1. The highest BCUT2D eigenvalue weighted by Gasteiger charge is 2.31. The molecule has 1 aliphatic heterocycles. The van der Waals surface area contributed by atoms with Crippen LogP contribution in [0.4, 0.5) is 0 Å². The average molecular weight is 295 g/mol. The number of ether oxygens (including phenoxy) is 1. The number of fused-ring (bicyclic) bond motifs is 2. The van der Waals surface area contributed by atoms with Crippen LogP contribution in [0.5, 0.6) is 11.5 Å². The molecule has 1 aliphatic carbocycles. The van der Waals surface area contributed by atoms with E-state index in [9.17, 15) is 5.11 Å². The number of nitrogens with one attached hydrogen (secondary N) is 1. The van der Waals surface area contributed by atoms with Crippen LogP contribution in [0, 0.1) is 0 Å². The second kappa shape index (κ2) is 5.33. The number of hydrogen-bond donors (Lipinski definition) is 2. The fourth-order valence-electron chi connectivity index (χ4n) is 3.78. The average Bonchev–Trinajstić information content (AvgIpc) is 2.52. The molecule has 1 unspecified atom stereocenters. The summed E-state index contributed by atoms with van der Waals surface area (Å²) in [5.74, 6) is 1.30. The smallest absolute Gasteiger partial charge is 0.127 e. The Morgan fingerprint density at radius 3 is 3.05 bits per heavy atom. The van der Waals surface area contributed by atoms with Crippen LogP contribution in [0.15, 0.2) is 30.3 Å². The zero-order valence-corrected chi connectivity index (χ0v) is 12.9. The normalized spacial score (nSPS) is 18.5. The summed E-state index contributed by atoms with van der Waals surface area (Å²) in [6, 6.07) is 10.5. The third-order valence-corrected chi connectivity index (χ3v) is 4.65. The van der Waals surface area contributed by atoms with Crippen molar-refractivity contribution in [3.63, 3.8) is 0 Å². The standard InChI is InChI=1S/C19H21NO2/c1-2-8-22-17-5-3-4-12-10-16-18-13(6-7-20-16)9-14(21)11-15(18)19(12)17/h3-5,9,11,16,20-21H,2,6-8,10H2,1H3. The van der Waals surface area contributed by atoms with Crippen molar-refractivity contribution in [1.29, 1.82) is 0 Å². The minimum absolute atomic E-state index is 0.354. The van der Waals surface area contributed by atoms with Crippen molar-refractivity contribution in [3.8, 4) is 22.6 Å². The van der Waals surface area contributed by atoms with Crippen molar-refractivity contribution in [2.24, 2.45) is 0 Å². The van der Waals surface area contributed by atoms with Gasteiger partial charge in [0, 0.05) is 11.6 Å². The highest BCUT2D eigenvalue weighted by atomic mass is 16.5. The van der Waals surface area contributed by atoms with Crippen LogP contribution in [-0.2, 0) is 12.8 Å². The van der Waals surface area contributed by atoms with Crippen LogP contribution < -0.4 is 10.1 Å². The predicted molar refractivity (Wildman–Crippen MR) is 87.5 cm³/mol. The molecule has 2 aliphatic rings. The third-order valence-electron chi connectivity index (χ3n) is 4.65. The van der Waals surface area contributed by atoms with Gasteiger partial charge in [-0.15, -0.1) is 0 Å². The van der Waals surface area contributed by atoms with Gasteiger partial charge in [-0.1, -0.05) is 19.1 Å². The lowest BCUT2D eigenvalue weighted by molar-refractivity contribution is 0.318. The number of phenolic OH excluding ortho intramolecular Hbond substituents is 1. The summed E-state index contributed by atoms with van der Waals surface area (Å²) in [5.41, 5.74) is 6.24. The lowest BCUT2D eigenvalue weighted by Gasteiger charge is -2.35. The van der Waals surface area contributed by atoms with E-state index in [-0.39, 0.29) is 0 Å². The second-order valence-corrected chi connectivity index (χ2v) is 6.17. The van der Waals surface area contributed by atoms with Crippen molar-refractivity contribution in [2.45, 2.75) is 32.2 Å². The van der Waals surface area contributed by atoms with E-state index in [1.54, 1.807) is 0 Å². The van der Waals surface area contributed by atoms with Gasteiger partial charge in [0.2, 0.25) is 0 Å². The molecule has 0 saturated heterocycles. The van der Waals surface area contributed by atoms with Gasteiger partial charge in [-0.05, 0) is 66.3 Å². The summed E-state index contributed by atoms with van der Waals surface area (Å²) in [4.78, 5) is 0. The molecule has 3 nitrogen and oxygen atoms in total. The Morgan fingerprint density at radius 2 is 2.18 bits per heavy atom. The minimum Gasteiger partial charge on any atom is -0.508 e. The Balaban J connectivity index is 1.93. The molecule has 2 aromatic carbocycles. The van der Waals surface area contributed by atoms with Crippen LogP contribution in [0.25, 0.3) is 11.1 Å². The van der Waals surface area contributed by atoms with Crippen molar-refractivity contribution in [2.75, 3.05) is 13.2 Å². The molecule has 0 bridgehead atoms. The van der Waals surface area contributed by atoms with Gasteiger partial charge in [0.05, 0.1) is 6.61 Å². The zero-order chi connectivity index (χ0) is 15.1. The largest absolute Gasteiger partial charge is 0.508 e. The lowest BCUT2D eigenvalue weighted by Crippen LogP contribution is -2.33. The molecule has 4 rings (SSSR count). The highest BCUT2D eigenvalue weighted by molar-refractivity contribution is 5.81. The van der Waals surface area contributed by atoms with Gasteiger partial charge in [-0.2, -0.15) is 0 Å². The minimum atomic E-state index is 0.354. The number of rotatable bonds is 3. The molecule has 1 heterocycles.